The van der Waals surface area contributed by atoms with Gasteiger partial charge < -0.3 is 16.0 Å². The van der Waals surface area contributed by atoms with E-state index in [2.05, 4.69) is 25.2 Å². The minimum absolute atomic E-state index is 0.0478. The van der Waals surface area contributed by atoms with Crippen LogP contribution in [0.4, 0.5) is 15.8 Å². The van der Waals surface area contributed by atoms with Crippen molar-refractivity contribution in [2.45, 2.75) is 18.9 Å². The highest BCUT2D eigenvalue weighted by molar-refractivity contribution is 6.35. The molecule has 1 saturated heterocycles. The molecule has 0 bridgehead atoms. The fourth-order valence-electron chi connectivity index (χ4n) is 3.56. The molecule has 7 nitrogen and oxygen atoms in total. The lowest BCUT2D eigenvalue weighted by molar-refractivity contribution is 0.102. The molecule has 9 heteroatoms. The van der Waals surface area contributed by atoms with Gasteiger partial charge in [-0.05, 0) is 31.0 Å². The smallest absolute Gasteiger partial charge is 0.274 e. The number of nitrogens with one attached hydrogen (secondary N) is 1. The Morgan fingerprint density at radius 3 is 2.93 bits per heavy atom. The van der Waals surface area contributed by atoms with E-state index in [0.29, 0.717) is 12.2 Å². The van der Waals surface area contributed by atoms with Crippen molar-refractivity contribution in [1.82, 2.24) is 15.0 Å². The molecule has 30 heavy (non-hydrogen) atoms. The number of aromatic nitrogens is 3. The number of anilines is 2. The number of hydrogen-bond donors (Lipinski definition) is 2. The maximum atomic E-state index is 14.2. The average Bonchev–Trinajstić information content (AvgIpc) is 2.74. The molecule has 1 aliphatic heterocycles. The zero-order valence-corrected chi connectivity index (χ0v) is 16.3. The Bertz CT molecular complexity index is 1060. The number of piperidine rings is 1. The molecular formula is C21H20BFN6O. The van der Waals surface area contributed by atoms with E-state index in [1.807, 2.05) is 6.07 Å². The number of rotatable bonds is 4. The summed E-state index contributed by atoms with van der Waals surface area (Å²) in [6.45, 7) is 1.56. The molecule has 2 aromatic heterocycles. The van der Waals surface area contributed by atoms with Crippen LogP contribution in [-0.2, 0) is 0 Å². The van der Waals surface area contributed by atoms with E-state index in [0.717, 1.165) is 25.1 Å². The molecule has 4 rings (SSSR count). The van der Waals surface area contributed by atoms with E-state index in [9.17, 15) is 9.18 Å². The minimum atomic E-state index is -0.552. The topological polar surface area (TPSA) is 97.0 Å². The SMILES string of the molecule is [B]c1cccc(F)c1-c1nccc(C(=O)Nc2cnccc2N2CCC[C@H](N)C2)n1. The zero-order valence-electron chi connectivity index (χ0n) is 16.3. The number of carbonyl (C=O) groups excluding carboxylic acids is 1. The van der Waals surface area contributed by atoms with E-state index in [-0.39, 0.29) is 28.6 Å². The van der Waals surface area contributed by atoms with Crippen LogP contribution in [0.15, 0.2) is 48.9 Å². The number of pyridine rings is 1. The van der Waals surface area contributed by atoms with Crippen LogP contribution < -0.4 is 21.4 Å². The van der Waals surface area contributed by atoms with Gasteiger partial charge in [-0.25, -0.2) is 14.4 Å². The Morgan fingerprint density at radius 2 is 2.13 bits per heavy atom. The predicted molar refractivity (Wildman–Crippen MR) is 114 cm³/mol. The Balaban J connectivity index is 1.60. The molecule has 1 amide bonds. The lowest BCUT2D eigenvalue weighted by atomic mass is 9.90. The lowest BCUT2D eigenvalue weighted by Crippen LogP contribution is -2.43. The van der Waals surface area contributed by atoms with Gasteiger partial charge in [-0.3, -0.25) is 9.78 Å². The van der Waals surface area contributed by atoms with Gasteiger partial charge >= 0.3 is 0 Å². The summed E-state index contributed by atoms with van der Waals surface area (Å²) in [5.74, 6) is -0.959. The molecule has 3 aromatic rings. The van der Waals surface area contributed by atoms with Gasteiger partial charge in [-0.2, -0.15) is 0 Å². The van der Waals surface area contributed by atoms with E-state index in [1.165, 1.54) is 24.4 Å². The highest BCUT2D eigenvalue weighted by Crippen LogP contribution is 2.27. The first-order valence-electron chi connectivity index (χ1n) is 9.66. The molecule has 1 aromatic carbocycles. The monoisotopic (exact) mass is 402 g/mol. The number of nitrogens with zero attached hydrogens (tertiary/aromatic N) is 4. The molecule has 0 aliphatic carbocycles. The normalized spacial score (nSPS) is 16.3. The first kappa shape index (κ1) is 20.0. The summed E-state index contributed by atoms with van der Waals surface area (Å²) in [4.78, 5) is 27.4. The summed E-state index contributed by atoms with van der Waals surface area (Å²) in [6, 6.07) is 7.72. The van der Waals surface area contributed by atoms with Gasteiger partial charge in [0, 0.05) is 37.1 Å². The van der Waals surface area contributed by atoms with E-state index >= 15 is 0 Å². The third-order valence-corrected chi connectivity index (χ3v) is 5.00. The number of benzene rings is 1. The summed E-state index contributed by atoms with van der Waals surface area (Å²) >= 11 is 0. The van der Waals surface area contributed by atoms with Crippen molar-refractivity contribution >= 4 is 30.6 Å². The van der Waals surface area contributed by atoms with Crippen molar-refractivity contribution < 1.29 is 9.18 Å². The number of amides is 1. The summed E-state index contributed by atoms with van der Waals surface area (Å²) in [5, 5.41) is 2.85. The van der Waals surface area contributed by atoms with Crippen LogP contribution in [0.5, 0.6) is 0 Å². The van der Waals surface area contributed by atoms with Crippen LogP contribution in [0.1, 0.15) is 23.3 Å². The first-order valence-corrected chi connectivity index (χ1v) is 9.66. The molecule has 3 N–H and O–H groups in total. The van der Waals surface area contributed by atoms with Crippen molar-refractivity contribution in [3.8, 4) is 11.4 Å². The van der Waals surface area contributed by atoms with E-state index in [4.69, 9.17) is 13.6 Å². The van der Waals surface area contributed by atoms with Gasteiger partial charge in [-0.15, -0.1) is 0 Å². The van der Waals surface area contributed by atoms with Crippen molar-refractivity contribution in [2.75, 3.05) is 23.3 Å². The summed E-state index contributed by atoms with van der Waals surface area (Å²) in [6.07, 6.45) is 6.62. The van der Waals surface area contributed by atoms with Crippen LogP contribution in [0, 0.1) is 5.82 Å². The minimum Gasteiger partial charge on any atom is -0.368 e. The molecule has 1 atom stereocenters. The predicted octanol–water partition coefficient (Wildman–Crippen LogP) is 1.65. The second-order valence-electron chi connectivity index (χ2n) is 7.16. The number of carbonyl (C=O) groups is 1. The van der Waals surface area contributed by atoms with Gasteiger partial charge in [0.15, 0.2) is 5.82 Å². The van der Waals surface area contributed by atoms with Gasteiger partial charge in [0.25, 0.3) is 5.91 Å². The van der Waals surface area contributed by atoms with Crippen LogP contribution in [-0.4, -0.2) is 47.8 Å². The first-order chi connectivity index (χ1) is 14.5. The molecule has 0 saturated carbocycles. The van der Waals surface area contributed by atoms with Gasteiger partial charge in [0.05, 0.1) is 17.6 Å². The van der Waals surface area contributed by atoms with Crippen molar-refractivity contribution in [3.05, 3.63) is 60.4 Å². The summed E-state index contributed by atoms with van der Waals surface area (Å²) in [7, 11) is 5.87. The van der Waals surface area contributed by atoms with Gasteiger partial charge in [0.2, 0.25) is 0 Å². The molecular weight excluding hydrogens is 382 g/mol. The third-order valence-electron chi connectivity index (χ3n) is 5.00. The highest BCUT2D eigenvalue weighted by atomic mass is 19.1. The fraction of sp³-hybridized carbons (Fsp3) is 0.238. The van der Waals surface area contributed by atoms with Crippen molar-refractivity contribution in [3.63, 3.8) is 0 Å². The van der Waals surface area contributed by atoms with Gasteiger partial charge in [-0.1, -0.05) is 17.6 Å². The van der Waals surface area contributed by atoms with Crippen LogP contribution in [0.2, 0.25) is 0 Å². The number of nitrogens with two attached hydrogens (primary N) is 1. The molecule has 150 valence electrons. The third kappa shape index (κ3) is 4.16. The second kappa shape index (κ2) is 8.58. The van der Waals surface area contributed by atoms with Crippen LogP contribution >= 0.6 is 0 Å². The largest absolute Gasteiger partial charge is 0.368 e. The Morgan fingerprint density at radius 1 is 1.27 bits per heavy atom. The number of halogens is 1. The molecule has 0 unspecified atom stereocenters. The van der Waals surface area contributed by atoms with Crippen molar-refractivity contribution in [2.24, 2.45) is 5.73 Å². The molecule has 3 heterocycles. The quantitative estimate of drug-likeness (QED) is 0.645. The maximum Gasteiger partial charge on any atom is 0.274 e. The van der Waals surface area contributed by atoms with E-state index < -0.39 is 11.7 Å². The Kier molecular flexibility index (Phi) is 5.71. The lowest BCUT2D eigenvalue weighted by Gasteiger charge is -2.33. The van der Waals surface area contributed by atoms with Crippen LogP contribution in [0.3, 0.4) is 0 Å². The maximum absolute atomic E-state index is 14.2. The van der Waals surface area contributed by atoms with Crippen molar-refractivity contribution in [1.29, 1.82) is 0 Å². The Hall–Kier alpha value is -3.33. The zero-order chi connectivity index (χ0) is 21.1. The summed E-state index contributed by atoms with van der Waals surface area (Å²) in [5.41, 5.74) is 7.86. The average molecular weight is 402 g/mol. The van der Waals surface area contributed by atoms with E-state index in [1.54, 1.807) is 18.5 Å². The van der Waals surface area contributed by atoms with Crippen LogP contribution in [0.25, 0.3) is 11.4 Å². The molecule has 0 spiro atoms. The summed E-state index contributed by atoms with van der Waals surface area (Å²) < 4.78 is 14.2. The second-order valence-corrected chi connectivity index (χ2v) is 7.16. The Labute approximate surface area is 175 Å². The standard InChI is InChI=1S/C21H20BFN6O/c22-14-4-1-5-15(23)19(14)20-26-9-6-16(27-20)21(30)28-17-11-25-8-7-18(17)29-10-2-3-13(24)12-29/h1,4-9,11,13H,2-3,10,12,24H2,(H,28,30)/t13-/m0/s1. The highest BCUT2D eigenvalue weighted by Gasteiger charge is 2.21. The molecule has 1 aliphatic rings. The van der Waals surface area contributed by atoms with Gasteiger partial charge in [0.1, 0.15) is 19.4 Å². The fourth-order valence-corrected chi connectivity index (χ4v) is 3.56. The molecule has 2 radical (unpaired) electrons. The molecule has 1 fully saturated rings. The number of hydrogen-bond acceptors (Lipinski definition) is 6.